The van der Waals surface area contributed by atoms with Crippen LogP contribution in [0.15, 0.2) is 117 Å². The highest BCUT2D eigenvalue weighted by molar-refractivity contribution is 8.33. The van der Waals surface area contributed by atoms with E-state index in [1.807, 2.05) is 74.5 Å². The molecular formula is C32H33FO6S2. The molecule has 0 saturated heterocycles. The largest absolute Gasteiger partial charge is 0.482 e. The summed E-state index contributed by atoms with van der Waals surface area (Å²) in [4.78, 5) is 14.1. The van der Waals surface area contributed by atoms with Crippen LogP contribution in [0.25, 0.3) is 0 Å². The van der Waals surface area contributed by atoms with Gasteiger partial charge in [-0.1, -0.05) is 36.4 Å². The number of rotatable bonds is 9. The second-order valence-corrected chi connectivity index (χ2v) is 14.8. The maximum absolute atomic E-state index is 13.9. The molecule has 0 unspecified atom stereocenters. The lowest BCUT2D eigenvalue weighted by molar-refractivity contribution is -0.157. The van der Waals surface area contributed by atoms with E-state index in [1.54, 1.807) is 32.9 Å². The van der Waals surface area contributed by atoms with E-state index in [4.69, 9.17) is 13.1 Å². The minimum absolute atomic E-state index is 0.157. The van der Waals surface area contributed by atoms with Gasteiger partial charge in [0.05, 0.1) is 4.90 Å². The molecule has 0 fully saturated rings. The summed E-state index contributed by atoms with van der Waals surface area (Å²) in [6, 6.07) is 26.5. The van der Waals surface area contributed by atoms with Crippen LogP contribution in [0, 0.1) is 19.7 Å². The van der Waals surface area contributed by atoms with E-state index in [0.29, 0.717) is 31.6 Å². The monoisotopic (exact) mass is 596 g/mol. The molecule has 0 spiro atoms. The van der Waals surface area contributed by atoms with Gasteiger partial charge in [0, 0.05) is 14.7 Å². The zero-order valence-corrected chi connectivity index (χ0v) is 25.2. The van der Waals surface area contributed by atoms with Gasteiger partial charge < -0.3 is 9.47 Å². The lowest BCUT2D eigenvalue weighted by Gasteiger charge is -2.41. The molecule has 0 saturated carbocycles. The average molecular weight is 597 g/mol. The Morgan fingerprint density at radius 1 is 0.756 bits per heavy atom. The molecule has 41 heavy (non-hydrogen) atoms. The predicted molar refractivity (Wildman–Crippen MR) is 157 cm³/mol. The minimum atomic E-state index is -4.38. The standard InChI is InChI=1S/C32H33FO6S2/c1-23-20-26(37-22-30(34)38-32(3,4)5)21-24(2)31(23)40(27-12-8-6-9-13-27,28-14-10-7-11-15-28)39-41(35,36)29-18-16-25(33)17-19-29/h6-21H,22H2,1-5H3. The first-order valence-electron chi connectivity index (χ1n) is 12.9. The summed E-state index contributed by atoms with van der Waals surface area (Å²) in [5.41, 5.74) is 0.778. The van der Waals surface area contributed by atoms with E-state index < -0.39 is 37.8 Å². The molecule has 0 bridgehead atoms. The first kappa shape index (κ1) is 30.3. The minimum Gasteiger partial charge on any atom is -0.482 e. The van der Waals surface area contributed by atoms with Crippen molar-refractivity contribution in [2.45, 2.75) is 59.8 Å². The van der Waals surface area contributed by atoms with Crippen molar-refractivity contribution in [1.82, 2.24) is 0 Å². The molecule has 0 radical (unpaired) electrons. The first-order chi connectivity index (χ1) is 19.3. The van der Waals surface area contributed by atoms with Crippen LogP contribution in [0.4, 0.5) is 4.39 Å². The maximum atomic E-state index is 13.9. The number of hydrogen-bond donors (Lipinski definition) is 0. The van der Waals surface area contributed by atoms with E-state index in [0.717, 1.165) is 12.1 Å². The molecular weight excluding hydrogens is 563 g/mol. The van der Waals surface area contributed by atoms with E-state index in [-0.39, 0.29) is 11.5 Å². The van der Waals surface area contributed by atoms with E-state index in [1.165, 1.54) is 12.1 Å². The molecule has 4 aromatic carbocycles. The zero-order chi connectivity index (χ0) is 29.8. The van der Waals surface area contributed by atoms with Gasteiger partial charge in [0.1, 0.15) is 17.2 Å². The van der Waals surface area contributed by atoms with Crippen LogP contribution in [0.2, 0.25) is 0 Å². The topological polar surface area (TPSA) is 78.9 Å². The van der Waals surface area contributed by atoms with Gasteiger partial charge in [0.15, 0.2) is 6.61 Å². The molecule has 216 valence electrons. The normalized spacial score (nSPS) is 12.5. The summed E-state index contributed by atoms with van der Waals surface area (Å²) in [7, 11) is -7.29. The Kier molecular flexibility index (Phi) is 8.91. The molecule has 0 aliphatic carbocycles. The average Bonchev–Trinajstić information content (AvgIpc) is 2.91. The number of hydrogen-bond acceptors (Lipinski definition) is 6. The summed E-state index contributed by atoms with van der Waals surface area (Å²) in [6.45, 7) is 8.77. The van der Waals surface area contributed by atoms with Crippen molar-refractivity contribution in [3.63, 3.8) is 0 Å². The second kappa shape index (κ2) is 12.1. The van der Waals surface area contributed by atoms with Crippen molar-refractivity contribution in [2.75, 3.05) is 6.61 Å². The number of halogens is 1. The fourth-order valence-electron chi connectivity index (χ4n) is 4.44. The van der Waals surface area contributed by atoms with Crippen molar-refractivity contribution in [2.24, 2.45) is 0 Å². The van der Waals surface area contributed by atoms with Crippen LogP contribution in [-0.4, -0.2) is 26.6 Å². The maximum Gasteiger partial charge on any atom is 0.344 e. The van der Waals surface area contributed by atoms with Crippen molar-refractivity contribution >= 4 is 26.4 Å². The van der Waals surface area contributed by atoms with Gasteiger partial charge in [-0.3, -0.25) is 0 Å². The SMILES string of the molecule is Cc1cc(OCC(=O)OC(C)(C)C)cc(C)c1S(OS(=O)(=O)c1ccc(F)cc1)(c1ccccc1)c1ccccc1. The summed E-state index contributed by atoms with van der Waals surface area (Å²) in [5, 5.41) is 0. The van der Waals surface area contributed by atoms with Crippen LogP contribution in [0.1, 0.15) is 31.9 Å². The van der Waals surface area contributed by atoms with Crippen LogP contribution in [0.5, 0.6) is 5.75 Å². The van der Waals surface area contributed by atoms with Gasteiger partial charge in [-0.15, -0.1) is 0 Å². The van der Waals surface area contributed by atoms with Crippen molar-refractivity contribution in [3.8, 4) is 5.75 Å². The molecule has 0 heterocycles. The van der Waals surface area contributed by atoms with E-state index in [9.17, 15) is 17.6 Å². The van der Waals surface area contributed by atoms with Gasteiger partial charge in [0.25, 0.3) is 0 Å². The van der Waals surface area contributed by atoms with Crippen LogP contribution in [-0.2, 0) is 23.3 Å². The number of carbonyl (C=O) groups excluding carboxylic acids is 1. The second-order valence-electron chi connectivity index (χ2n) is 10.4. The van der Waals surface area contributed by atoms with Gasteiger partial charge in [-0.25, -0.2) is 12.8 Å². The number of ether oxygens (including phenoxy) is 2. The third-order valence-corrected chi connectivity index (χ3v) is 11.4. The van der Waals surface area contributed by atoms with Crippen LogP contribution in [0.3, 0.4) is 0 Å². The lowest BCUT2D eigenvalue weighted by Crippen LogP contribution is -2.27. The quantitative estimate of drug-likeness (QED) is 0.184. The molecule has 0 N–H and O–H groups in total. The Morgan fingerprint density at radius 2 is 1.24 bits per heavy atom. The molecule has 0 atom stereocenters. The molecule has 6 nitrogen and oxygen atoms in total. The lowest BCUT2D eigenvalue weighted by atomic mass is 10.1. The smallest absolute Gasteiger partial charge is 0.344 e. The van der Waals surface area contributed by atoms with Gasteiger partial charge in [0.2, 0.25) is 0 Å². The number of benzene rings is 4. The summed E-state index contributed by atoms with van der Waals surface area (Å²) >= 11 is 0. The van der Waals surface area contributed by atoms with E-state index in [2.05, 4.69) is 0 Å². The highest BCUT2D eigenvalue weighted by Gasteiger charge is 2.40. The molecule has 0 aliphatic rings. The Morgan fingerprint density at radius 3 is 1.71 bits per heavy atom. The fourth-order valence-corrected chi connectivity index (χ4v) is 10.1. The Balaban J connectivity index is 1.90. The fraction of sp³-hybridized carbons (Fsp3) is 0.219. The van der Waals surface area contributed by atoms with Crippen molar-refractivity contribution < 1.29 is 30.7 Å². The highest BCUT2D eigenvalue weighted by atomic mass is 32.3. The number of aryl methyl sites for hydroxylation is 2. The number of esters is 1. The molecule has 0 aromatic heterocycles. The van der Waals surface area contributed by atoms with Gasteiger partial charge in [-0.05, 0) is 117 Å². The zero-order valence-electron chi connectivity index (χ0n) is 23.6. The Labute approximate surface area is 242 Å². The third-order valence-electron chi connectivity index (χ3n) is 5.94. The molecule has 9 heteroatoms. The Bertz CT molecular complexity index is 1550. The van der Waals surface area contributed by atoms with Crippen LogP contribution >= 0.6 is 10.3 Å². The van der Waals surface area contributed by atoms with Crippen LogP contribution < -0.4 is 4.74 Å². The molecule has 4 aromatic rings. The van der Waals surface area contributed by atoms with E-state index >= 15 is 0 Å². The summed E-state index contributed by atoms with van der Waals surface area (Å²) in [6.07, 6.45) is 0. The van der Waals surface area contributed by atoms with Gasteiger partial charge >= 0.3 is 16.1 Å². The first-order valence-corrected chi connectivity index (χ1v) is 15.9. The summed E-state index contributed by atoms with van der Waals surface area (Å²) < 4.78 is 58.9. The number of carbonyl (C=O) groups is 1. The highest BCUT2D eigenvalue weighted by Crippen LogP contribution is 2.71. The van der Waals surface area contributed by atoms with Crippen molar-refractivity contribution in [1.29, 1.82) is 0 Å². The van der Waals surface area contributed by atoms with Crippen molar-refractivity contribution in [3.05, 3.63) is 114 Å². The predicted octanol–water partition coefficient (Wildman–Crippen LogP) is 7.77. The van der Waals surface area contributed by atoms with Gasteiger partial charge in [-0.2, -0.15) is 8.42 Å². The molecule has 4 rings (SSSR count). The third kappa shape index (κ3) is 6.98. The molecule has 0 amide bonds. The molecule has 0 aliphatic heterocycles. The summed E-state index contributed by atoms with van der Waals surface area (Å²) in [5.74, 6) is -0.619. The Hall–Kier alpha value is -3.66.